The van der Waals surface area contributed by atoms with Gasteiger partial charge in [-0.25, -0.2) is 4.99 Å². The van der Waals surface area contributed by atoms with Gasteiger partial charge in [-0.2, -0.15) is 4.99 Å². The van der Waals surface area contributed by atoms with Gasteiger partial charge in [-0.3, -0.25) is 5.32 Å². The number of quaternary nitrogens is 1. The molecular weight excluding hydrogens is 557 g/mol. The molecule has 0 amide bonds. The maximum Gasteiger partial charge on any atom is 0.235 e. The number of nitrogens with two attached hydrogens (primary N) is 1. The molecule has 0 bridgehead atoms. The highest BCUT2D eigenvalue weighted by Crippen LogP contribution is 2.40. The van der Waals surface area contributed by atoms with Crippen LogP contribution in [0.1, 0.15) is 22.9 Å². The van der Waals surface area contributed by atoms with E-state index in [4.69, 9.17) is 9.98 Å². The van der Waals surface area contributed by atoms with E-state index in [9.17, 15) is 0 Å². The zero-order valence-electron chi connectivity index (χ0n) is 23.8. The molecule has 0 saturated heterocycles. The molecule has 1 unspecified atom stereocenters. The molecule has 44 heavy (non-hydrogen) atoms. The van der Waals surface area contributed by atoms with E-state index in [0.717, 1.165) is 34.0 Å². The molecule has 1 aliphatic rings. The third kappa shape index (κ3) is 4.09. The van der Waals surface area contributed by atoms with Crippen molar-refractivity contribution in [2.75, 3.05) is 0 Å². The third-order valence-electron chi connectivity index (χ3n) is 8.55. The van der Waals surface area contributed by atoms with Crippen molar-refractivity contribution in [2.24, 2.45) is 9.98 Å². The summed E-state index contributed by atoms with van der Waals surface area (Å²) in [6.45, 7) is 0. The maximum absolute atomic E-state index is 5.18. The molecule has 2 aromatic heterocycles. The molecule has 0 aliphatic carbocycles. The number of hydrogen-bond acceptors (Lipinski definition) is 3. The number of para-hydroxylation sites is 1. The highest BCUT2D eigenvalue weighted by Gasteiger charge is 2.25. The van der Waals surface area contributed by atoms with Crippen molar-refractivity contribution in [3.63, 3.8) is 0 Å². The fourth-order valence-electron chi connectivity index (χ4n) is 6.48. The van der Waals surface area contributed by atoms with E-state index in [1.165, 1.54) is 42.0 Å². The molecule has 8 aromatic rings. The first-order chi connectivity index (χ1) is 21.8. The predicted octanol–water partition coefficient (Wildman–Crippen LogP) is 8.62. The standard InChI is InChI=1S/C39H26N4S/c1-3-12-25(13-4-1)37-40-38(26-14-5-2-6-15-26)42-39(41-37)27-16-11-17-28(22-27)43-33-20-9-7-18-29(33)31-24-36-32(23-34(31)43)30-19-8-10-21-35(30)44-36/h1-24,37H,(H,40,41,42)/p+1. The van der Waals surface area contributed by atoms with Crippen LogP contribution in [0.3, 0.4) is 0 Å². The van der Waals surface area contributed by atoms with Gasteiger partial charge in [0.1, 0.15) is 0 Å². The first kappa shape index (κ1) is 25.2. The topological polar surface area (TPSA) is 46.3 Å². The second-order valence-corrected chi connectivity index (χ2v) is 12.3. The quantitative estimate of drug-likeness (QED) is 0.216. The molecule has 1 aliphatic heterocycles. The predicted molar refractivity (Wildman–Crippen MR) is 184 cm³/mol. The van der Waals surface area contributed by atoms with Crippen LogP contribution in [-0.4, -0.2) is 16.2 Å². The van der Waals surface area contributed by atoms with Crippen molar-refractivity contribution in [1.82, 2.24) is 4.57 Å². The number of aromatic nitrogens is 1. The molecule has 0 saturated carbocycles. The van der Waals surface area contributed by atoms with Gasteiger partial charge in [0.2, 0.25) is 12.0 Å². The lowest BCUT2D eigenvalue weighted by atomic mass is 10.1. The van der Waals surface area contributed by atoms with E-state index in [0.29, 0.717) is 0 Å². The van der Waals surface area contributed by atoms with Crippen molar-refractivity contribution >= 4 is 65.0 Å². The van der Waals surface area contributed by atoms with Crippen LogP contribution in [0.25, 0.3) is 47.7 Å². The molecule has 9 rings (SSSR count). The molecular formula is C39H27N4S+. The van der Waals surface area contributed by atoms with Gasteiger partial charge in [0.15, 0.2) is 5.84 Å². The Morgan fingerprint density at radius 1 is 0.545 bits per heavy atom. The number of nitrogens with zero attached hydrogens (tertiary/aromatic N) is 3. The zero-order chi connectivity index (χ0) is 29.0. The highest BCUT2D eigenvalue weighted by atomic mass is 32.1. The molecule has 0 fully saturated rings. The summed E-state index contributed by atoms with van der Waals surface area (Å²) in [6.07, 6.45) is -0.115. The number of fused-ring (bicyclic) bond motifs is 6. The van der Waals surface area contributed by atoms with E-state index >= 15 is 0 Å². The Balaban J connectivity index is 1.25. The van der Waals surface area contributed by atoms with E-state index in [1.54, 1.807) is 0 Å². The maximum atomic E-state index is 5.18. The second kappa shape index (κ2) is 10.1. The summed E-state index contributed by atoms with van der Waals surface area (Å²) in [7, 11) is 0. The van der Waals surface area contributed by atoms with Crippen molar-refractivity contribution in [2.45, 2.75) is 6.17 Å². The van der Waals surface area contributed by atoms with Gasteiger partial charge < -0.3 is 4.57 Å². The highest BCUT2D eigenvalue weighted by molar-refractivity contribution is 7.25. The molecule has 2 N–H and O–H groups in total. The third-order valence-corrected chi connectivity index (χ3v) is 9.68. The van der Waals surface area contributed by atoms with E-state index in [1.807, 2.05) is 23.5 Å². The molecule has 0 radical (unpaired) electrons. The van der Waals surface area contributed by atoms with Crippen LogP contribution in [0.2, 0.25) is 0 Å². The minimum absolute atomic E-state index is 0.115. The van der Waals surface area contributed by atoms with Crippen LogP contribution in [0, 0.1) is 0 Å². The Bertz CT molecular complexity index is 2420. The summed E-state index contributed by atoms with van der Waals surface area (Å²) in [5.74, 6) is 1.69. The lowest BCUT2D eigenvalue weighted by molar-refractivity contribution is -0.586. The summed E-state index contributed by atoms with van der Waals surface area (Å²) in [5, 5.41) is 7.30. The summed E-state index contributed by atoms with van der Waals surface area (Å²) < 4.78 is 5.03. The normalized spacial score (nSPS) is 15.2. The Labute approximate surface area is 258 Å². The zero-order valence-corrected chi connectivity index (χ0v) is 24.6. The molecule has 5 heteroatoms. The largest absolute Gasteiger partial charge is 0.309 e. The van der Waals surface area contributed by atoms with Crippen LogP contribution in [-0.2, 0) is 0 Å². The molecule has 1 atom stereocenters. The summed E-state index contributed by atoms with van der Waals surface area (Å²) in [6, 6.07) is 51.7. The number of rotatable bonds is 4. The van der Waals surface area contributed by atoms with Gasteiger partial charge in [0.05, 0.1) is 16.6 Å². The van der Waals surface area contributed by atoms with Crippen LogP contribution in [0.5, 0.6) is 0 Å². The monoisotopic (exact) mass is 583 g/mol. The SMILES string of the molecule is c1ccc(C2=NC(c3cccc(-n4c5ccccc5c5cc6sc7ccccc7c6cc54)c3)=NC(c3ccccc3)[NH2+]2)cc1. The van der Waals surface area contributed by atoms with Gasteiger partial charge in [0, 0.05) is 47.8 Å². The molecule has 6 aromatic carbocycles. The molecule has 3 heterocycles. The summed E-state index contributed by atoms with van der Waals surface area (Å²) >= 11 is 1.87. The van der Waals surface area contributed by atoms with Crippen molar-refractivity contribution < 1.29 is 5.32 Å². The fourth-order valence-corrected chi connectivity index (χ4v) is 7.60. The van der Waals surface area contributed by atoms with Gasteiger partial charge in [-0.15, -0.1) is 11.3 Å². The first-order valence-electron chi connectivity index (χ1n) is 14.9. The molecule has 0 spiro atoms. The first-order valence-corrected chi connectivity index (χ1v) is 15.7. The van der Waals surface area contributed by atoms with E-state index < -0.39 is 0 Å². The smallest absolute Gasteiger partial charge is 0.235 e. The number of aliphatic imine (C=N–C) groups is 2. The van der Waals surface area contributed by atoms with Gasteiger partial charge in [-0.05, 0) is 48.5 Å². The number of hydrogen-bond donors (Lipinski definition) is 1. The van der Waals surface area contributed by atoms with E-state index in [-0.39, 0.29) is 6.17 Å². The summed E-state index contributed by atoms with van der Waals surface area (Å²) in [5.41, 5.74) is 6.73. The molecule has 208 valence electrons. The van der Waals surface area contributed by atoms with Crippen molar-refractivity contribution in [3.05, 3.63) is 162 Å². The minimum Gasteiger partial charge on any atom is -0.309 e. The van der Waals surface area contributed by atoms with Crippen LogP contribution >= 0.6 is 11.3 Å². The summed E-state index contributed by atoms with van der Waals surface area (Å²) in [4.78, 5) is 10.3. The Kier molecular flexibility index (Phi) is 5.79. The number of benzene rings is 6. The van der Waals surface area contributed by atoms with Gasteiger partial charge in [0.25, 0.3) is 0 Å². The second-order valence-electron chi connectivity index (χ2n) is 11.2. The lowest BCUT2D eigenvalue weighted by Gasteiger charge is -2.19. The average Bonchev–Trinajstić information content (AvgIpc) is 3.62. The molecule has 4 nitrogen and oxygen atoms in total. The Morgan fingerprint density at radius 3 is 2.14 bits per heavy atom. The minimum atomic E-state index is -0.115. The van der Waals surface area contributed by atoms with Gasteiger partial charge >= 0.3 is 0 Å². The van der Waals surface area contributed by atoms with Crippen LogP contribution in [0.4, 0.5) is 0 Å². The number of thiophene rings is 1. The Hall–Kier alpha value is -5.36. The average molecular weight is 584 g/mol. The van der Waals surface area contributed by atoms with E-state index in [2.05, 4.69) is 143 Å². The number of amidine groups is 2. The fraction of sp³-hybridized carbons (Fsp3) is 0.0256. The lowest BCUT2D eigenvalue weighted by Crippen LogP contribution is -2.89. The van der Waals surface area contributed by atoms with Crippen molar-refractivity contribution in [3.8, 4) is 5.69 Å². The van der Waals surface area contributed by atoms with Crippen LogP contribution < -0.4 is 5.32 Å². The van der Waals surface area contributed by atoms with Crippen molar-refractivity contribution in [1.29, 1.82) is 0 Å². The van der Waals surface area contributed by atoms with Gasteiger partial charge in [-0.1, -0.05) is 97.1 Å². The Morgan fingerprint density at radius 2 is 1.27 bits per heavy atom. The van der Waals surface area contributed by atoms with Crippen LogP contribution in [0.15, 0.2) is 156 Å².